The Morgan fingerprint density at radius 2 is 0.648 bits per heavy atom. The van der Waals surface area contributed by atoms with E-state index in [1.807, 2.05) is 0 Å². The molecule has 10 atom stereocenters. The lowest BCUT2D eigenvalue weighted by atomic mass is 9.80. The fourth-order valence-electron chi connectivity index (χ4n) is 20.1. The Bertz CT molecular complexity index is 6080. The van der Waals surface area contributed by atoms with E-state index in [1.165, 1.54) is 167 Å². The fourth-order valence-corrected chi connectivity index (χ4v) is 20.1. The van der Waals surface area contributed by atoms with Gasteiger partial charge in [0, 0.05) is 97.9 Å². The maximum atomic E-state index is 6.04. The van der Waals surface area contributed by atoms with Gasteiger partial charge in [0.15, 0.2) is 11.4 Å². The Morgan fingerprint density at radius 3 is 1.02 bits per heavy atom. The van der Waals surface area contributed by atoms with Gasteiger partial charge in [-0.3, -0.25) is 0 Å². The third-order valence-electron chi connectivity index (χ3n) is 26.7. The molecule has 6 unspecified atom stereocenters. The first-order chi connectivity index (χ1) is 59.0. The first-order valence-electron chi connectivity index (χ1n) is 43.7. The number of allylic oxidation sites excluding steroid dienone is 8. The van der Waals surface area contributed by atoms with Gasteiger partial charge in [-0.2, -0.15) is 9.13 Å². The molecule has 5 heteroatoms. The highest BCUT2D eigenvalue weighted by Gasteiger charge is 2.46. The van der Waals surface area contributed by atoms with Crippen LogP contribution in [0.1, 0.15) is 214 Å². The predicted octanol–water partition coefficient (Wildman–Crippen LogP) is 26.8. The second-order valence-electron chi connectivity index (χ2n) is 34.5. The first-order valence-corrected chi connectivity index (χ1v) is 43.7. The maximum absolute atomic E-state index is 6.04. The lowest BCUT2D eigenvalue weighted by Crippen LogP contribution is -3.00. The summed E-state index contributed by atoms with van der Waals surface area (Å²) in [5.74, 6) is 1.29. The number of aryl methyl sites for hydroxylation is 4. The van der Waals surface area contributed by atoms with E-state index in [0.717, 1.165) is 22.8 Å². The second-order valence-corrected chi connectivity index (χ2v) is 34.5. The highest BCUT2D eigenvalue weighted by Crippen LogP contribution is 2.53. The lowest BCUT2D eigenvalue weighted by molar-refractivity contribution is -0.584. The van der Waals surface area contributed by atoms with Crippen molar-refractivity contribution in [2.45, 2.75) is 130 Å². The summed E-state index contributed by atoms with van der Waals surface area (Å²) in [6.45, 7) is 27.9. The molecule has 15 aromatic rings. The number of aromatic nitrogens is 2. The lowest BCUT2D eigenvalue weighted by Gasteiger charge is -2.25. The van der Waals surface area contributed by atoms with E-state index >= 15 is 0 Å². The molecule has 122 heavy (non-hydrogen) atoms. The smallest absolute Gasteiger partial charge is 0.255 e. The van der Waals surface area contributed by atoms with Crippen molar-refractivity contribution in [1.29, 1.82) is 0 Å². The van der Waals surface area contributed by atoms with E-state index in [9.17, 15) is 0 Å². The van der Waals surface area contributed by atoms with Gasteiger partial charge in [-0.1, -0.05) is 430 Å². The zero-order valence-corrected chi connectivity index (χ0v) is 72.9. The van der Waals surface area contributed by atoms with Crippen LogP contribution in [-0.4, -0.2) is 16.0 Å². The monoisotopic (exact) mass is 1600 g/mol. The molecule has 1 saturated carbocycles. The average molecular weight is 1600 g/mol. The molecule has 0 saturated heterocycles. The molecule has 0 bridgehead atoms. The summed E-state index contributed by atoms with van der Waals surface area (Å²) in [5, 5.41) is 2.59. The van der Waals surface area contributed by atoms with Crippen molar-refractivity contribution in [2.75, 3.05) is 0 Å². The molecule has 0 radical (unpaired) electrons. The van der Waals surface area contributed by atoms with Crippen LogP contribution in [-0.2, 0) is 0 Å². The number of fused-ring (bicyclic) bond motifs is 3. The van der Waals surface area contributed by atoms with Crippen molar-refractivity contribution in [3.63, 3.8) is 0 Å². The van der Waals surface area contributed by atoms with Crippen molar-refractivity contribution in [3.05, 3.63) is 493 Å². The van der Waals surface area contributed by atoms with Crippen molar-refractivity contribution < 1.29 is 17.0 Å². The topological polar surface area (TPSA) is 33.5 Å². The first kappa shape index (κ1) is 81.5. The zero-order valence-electron chi connectivity index (χ0n) is 72.2. The third kappa shape index (κ3) is 15.5. The highest BCUT2D eigenvalue weighted by atomic mass is 35.5. The molecule has 0 N–H and O–H groups in total. The summed E-state index contributed by atoms with van der Waals surface area (Å²) in [6.07, 6.45) is 16.1. The van der Waals surface area contributed by atoms with Crippen LogP contribution < -0.4 is 17.0 Å². The summed E-state index contributed by atoms with van der Waals surface area (Å²) < 4.78 is 5.20. The van der Waals surface area contributed by atoms with Crippen LogP contribution in [0.15, 0.2) is 391 Å². The number of nitrogens with zero attached hydrogens (tertiary/aromatic N) is 4. The molecular weight excluding hydrogens is 1500 g/mol. The number of aliphatic imine (C=N–C) groups is 2. The molecule has 14 aromatic carbocycles. The van der Waals surface area contributed by atoms with Gasteiger partial charge in [-0.15, -0.1) is 0 Å². The molecule has 4 nitrogen and oxygen atoms in total. The predicted molar refractivity (Wildman–Crippen MR) is 508 cm³/mol. The van der Waals surface area contributed by atoms with Gasteiger partial charge in [-0.25, -0.2) is 9.98 Å². The van der Waals surface area contributed by atoms with Crippen molar-refractivity contribution in [2.24, 2.45) is 21.8 Å². The van der Waals surface area contributed by atoms with Crippen LogP contribution in [0.3, 0.4) is 0 Å². The summed E-state index contributed by atoms with van der Waals surface area (Å²) in [6, 6.07) is 121. The summed E-state index contributed by atoms with van der Waals surface area (Å²) >= 11 is 0. The number of imidazole rings is 1. The molecule has 1 fully saturated rings. The molecule has 0 aliphatic heterocycles. The van der Waals surface area contributed by atoms with Gasteiger partial charge in [-0.05, 0) is 123 Å². The second kappa shape index (κ2) is 35.1. The molecule has 602 valence electrons. The molecule has 0 amide bonds. The Labute approximate surface area is 729 Å². The molecule has 4 aliphatic rings. The minimum atomic E-state index is 0. The standard InChI is InChI=1S/C59H53N2.C58H54N2.ClH/c1-38-33-51(40(3)44-21-11-7-12-22-44)56(52(34-38)41(4)45-23-13-8-14-24-45)60-37-61(59-50-32-20-30-48-29-19-31-49(55(48)50)58(59)60)57-53(42(5)46-25-15-9-16-26-46)35-39(2)36-54(57)43(6)47-27-17-10-18-28-47;1-37-33-50(39(3)43-21-11-7-12-22-43)55(51(34-37)40(4)44-23-13-8-14-24-44)59-57-48-31-19-29-47-30-20-32-49(54(47)48)58(57)60-56-52(41(5)45-25-15-9-16-26-45)35-38(2)36-53(56)42(6)46-27-17-10-18-28-46;/h7-37,40-43H,1-6H3;7-36,39-42,48,54H,1-6H3;1H/q+1;;/p-1/t40-,41-,42+,43+;;. The quantitative estimate of drug-likeness (QED) is 0.0682. The van der Waals surface area contributed by atoms with Crippen molar-refractivity contribution >= 4 is 33.6 Å². The fraction of sp³-hybridized carbons (Fsp3) is 0.188. The van der Waals surface area contributed by atoms with Gasteiger partial charge >= 0.3 is 0 Å². The normalized spacial score (nSPS) is 16.8. The molecule has 0 spiro atoms. The summed E-state index contributed by atoms with van der Waals surface area (Å²) in [7, 11) is 0. The van der Waals surface area contributed by atoms with Crippen molar-refractivity contribution in [3.8, 4) is 33.9 Å². The van der Waals surface area contributed by atoms with Crippen LogP contribution in [0.25, 0.3) is 44.7 Å². The van der Waals surface area contributed by atoms with E-state index in [0.29, 0.717) is 0 Å². The molecule has 1 aromatic heterocycles. The van der Waals surface area contributed by atoms with Crippen molar-refractivity contribution in [1.82, 2.24) is 4.57 Å². The Morgan fingerprint density at radius 1 is 0.328 bits per heavy atom. The molecule has 4 aliphatic carbocycles. The molecular formula is C117H107ClN4. The minimum Gasteiger partial charge on any atom is -1.00 e. The summed E-state index contributed by atoms with van der Waals surface area (Å²) in [5.41, 5.74) is 40.0. The van der Waals surface area contributed by atoms with Gasteiger partial charge < -0.3 is 12.4 Å². The summed E-state index contributed by atoms with van der Waals surface area (Å²) in [4.78, 5) is 12.1. The van der Waals surface area contributed by atoms with Crippen LogP contribution >= 0.6 is 0 Å². The molecule has 1 heterocycles. The average Bonchev–Trinajstić information content (AvgIpc) is 1.53. The Balaban J connectivity index is 0.000000172. The Hall–Kier alpha value is -12.9. The maximum Gasteiger partial charge on any atom is 0.255 e. The van der Waals surface area contributed by atoms with E-state index < -0.39 is 0 Å². The van der Waals surface area contributed by atoms with Crippen LogP contribution in [0.2, 0.25) is 0 Å². The highest BCUT2D eigenvalue weighted by molar-refractivity contribution is 6.53. The van der Waals surface area contributed by atoms with E-state index in [4.69, 9.17) is 9.98 Å². The van der Waals surface area contributed by atoms with E-state index in [-0.39, 0.29) is 71.6 Å². The number of hydrogen-bond donors (Lipinski definition) is 0. The third-order valence-corrected chi connectivity index (χ3v) is 26.7. The van der Waals surface area contributed by atoms with Gasteiger partial charge in [0.05, 0.1) is 22.8 Å². The van der Waals surface area contributed by atoms with Crippen LogP contribution in [0.4, 0.5) is 11.4 Å². The largest absolute Gasteiger partial charge is 1.00 e. The van der Waals surface area contributed by atoms with E-state index in [1.54, 1.807) is 0 Å². The number of benzene rings is 14. The van der Waals surface area contributed by atoms with Crippen LogP contribution in [0, 0.1) is 39.5 Å². The SMILES string of the molecule is Cc1cc(C(C)c2ccccc2)c(N=C2C3=CC=CC4=CC=CC(C2=Nc2c(C(C)c5ccccc5)cc(C)cc2C(C)c2ccccc2)C43)c(C(C)c2ccccc2)c1.Cc1cc([C@H](C)c2ccccc2)c(-n2c[n+](-c3c([C@@H](C)c4ccccc4)cc(C)cc3[C@@H](C)c3ccccc3)c3c2-c2cccc4cccc-3c24)c([C@H](C)c2ccccc2)c1.[Cl-]. The number of rotatable bonds is 20. The Kier molecular flexibility index (Phi) is 23.4. The zero-order chi connectivity index (χ0) is 83.1. The number of halogens is 1. The van der Waals surface area contributed by atoms with Gasteiger partial charge in [0.1, 0.15) is 11.4 Å². The molecule has 19 rings (SSSR count). The minimum absolute atomic E-state index is 0. The number of hydrogen-bond acceptors (Lipinski definition) is 2. The van der Waals surface area contributed by atoms with E-state index in [2.05, 4.69) is 463 Å². The van der Waals surface area contributed by atoms with Gasteiger partial charge in [0.25, 0.3) is 6.33 Å². The van der Waals surface area contributed by atoms with Gasteiger partial charge in [0.2, 0.25) is 0 Å². The van der Waals surface area contributed by atoms with Crippen LogP contribution in [0.5, 0.6) is 0 Å².